The third-order valence-electron chi connectivity index (χ3n) is 4.10. The molecule has 2 amide bonds. The largest absolute Gasteiger partial charge is 0.490 e. The van der Waals surface area contributed by atoms with Gasteiger partial charge < -0.3 is 20.1 Å². The van der Waals surface area contributed by atoms with Gasteiger partial charge in [-0.1, -0.05) is 0 Å². The third kappa shape index (κ3) is 5.19. The fourth-order valence-corrected chi connectivity index (χ4v) is 2.88. The summed E-state index contributed by atoms with van der Waals surface area (Å²) in [4.78, 5) is 25.2. The summed E-state index contributed by atoms with van der Waals surface area (Å²) in [6.07, 6.45) is 0.798. The molecular weight excluding hydrogens is 315 g/mol. The van der Waals surface area contributed by atoms with Crippen molar-refractivity contribution < 1.29 is 23.5 Å². The Kier molecular flexibility index (Phi) is 6.54. The topological polar surface area (TPSA) is 81.9 Å². The van der Waals surface area contributed by atoms with Crippen molar-refractivity contribution in [3.05, 3.63) is 30.1 Å². The van der Waals surface area contributed by atoms with Gasteiger partial charge in [-0.3, -0.25) is 9.59 Å². The van der Waals surface area contributed by atoms with E-state index in [-0.39, 0.29) is 30.2 Å². The van der Waals surface area contributed by atoms with Crippen molar-refractivity contribution in [2.24, 2.45) is 11.7 Å². The zero-order valence-electron chi connectivity index (χ0n) is 13.7. The monoisotopic (exact) mass is 338 g/mol. The number of hydrogen-bond donors (Lipinski definition) is 1. The van der Waals surface area contributed by atoms with Crippen molar-refractivity contribution in [1.29, 1.82) is 0 Å². The van der Waals surface area contributed by atoms with E-state index in [1.54, 1.807) is 24.1 Å². The van der Waals surface area contributed by atoms with Gasteiger partial charge in [0.05, 0.1) is 13.0 Å². The second-order valence-corrected chi connectivity index (χ2v) is 5.91. The first kappa shape index (κ1) is 18.2. The Labute approximate surface area is 140 Å². The maximum atomic E-state index is 13.0. The Bertz CT molecular complexity index is 564. The van der Waals surface area contributed by atoms with Crippen LogP contribution in [0.25, 0.3) is 0 Å². The van der Waals surface area contributed by atoms with Crippen molar-refractivity contribution in [3.63, 3.8) is 0 Å². The molecule has 1 heterocycles. The molecule has 0 unspecified atom stereocenters. The number of hydrogen-bond acceptors (Lipinski definition) is 4. The fraction of sp³-hybridized carbons (Fsp3) is 0.529. The summed E-state index contributed by atoms with van der Waals surface area (Å²) in [5, 5.41) is 0. The van der Waals surface area contributed by atoms with Crippen LogP contribution in [-0.4, -0.2) is 49.6 Å². The maximum Gasteiger partial charge on any atom is 0.224 e. The number of benzene rings is 1. The van der Waals surface area contributed by atoms with Crippen LogP contribution in [0, 0.1) is 11.7 Å². The lowest BCUT2D eigenvalue weighted by Crippen LogP contribution is -2.49. The molecule has 1 aliphatic rings. The van der Waals surface area contributed by atoms with Crippen molar-refractivity contribution in [2.45, 2.75) is 25.4 Å². The lowest BCUT2D eigenvalue weighted by atomic mass is 9.91. The minimum atomic E-state index is -0.432. The van der Waals surface area contributed by atoms with Gasteiger partial charge >= 0.3 is 0 Å². The van der Waals surface area contributed by atoms with Gasteiger partial charge in [-0.25, -0.2) is 4.39 Å². The molecule has 1 saturated heterocycles. The smallest absolute Gasteiger partial charge is 0.224 e. The van der Waals surface area contributed by atoms with E-state index in [1.165, 1.54) is 12.1 Å². The van der Waals surface area contributed by atoms with Gasteiger partial charge in [-0.05, 0) is 24.3 Å². The average molecular weight is 338 g/mol. The van der Waals surface area contributed by atoms with Crippen LogP contribution in [0.5, 0.6) is 5.75 Å². The second-order valence-electron chi connectivity index (χ2n) is 5.91. The zero-order chi connectivity index (χ0) is 17.5. The maximum absolute atomic E-state index is 13.0. The molecule has 0 radical (unpaired) electrons. The summed E-state index contributed by atoms with van der Waals surface area (Å²) in [5.74, 6) is -0.428. The van der Waals surface area contributed by atoms with E-state index in [1.807, 2.05) is 0 Å². The van der Waals surface area contributed by atoms with E-state index >= 15 is 0 Å². The van der Waals surface area contributed by atoms with Crippen molar-refractivity contribution in [3.8, 4) is 5.75 Å². The SMILES string of the molecule is COCCC(=O)N1CC[C@H](Oc2ccc(F)cc2)[C@@H](CC(N)=O)C1. The number of nitrogens with zero attached hydrogens (tertiary/aromatic N) is 1. The molecule has 1 aliphatic heterocycles. The number of carbonyl (C=O) groups is 2. The van der Waals surface area contributed by atoms with Crippen LogP contribution >= 0.6 is 0 Å². The van der Waals surface area contributed by atoms with Crippen LogP contribution in [0.4, 0.5) is 4.39 Å². The van der Waals surface area contributed by atoms with E-state index < -0.39 is 5.91 Å². The molecule has 132 valence electrons. The van der Waals surface area contributed by atoms with E-state index in [0.29, 0.717) is 38.3 Å². The first-order chi connectivity index (χ1) is 11.5. The molecule has 2 N–H and O–H groups in total. The van der Waals surface area contributed by atoms with E-state index in [9.17, 15) is 14.0 Å². The molecule has 1 fully saturated rings. The van der Waals surface area contributed by atoms with Crippen LogP contribution in [0.15, 0.2) is 24.3 Å². The van der Waals surface area contributed by atoms with Crippen LogP contribution < -0.4 is 10.5 Å². The Hall–Kier alpha value is -2.15. The molecule has 0 bridgehead atoms. The number of amides is 2. The molecule has 0 spiro atoms. The lowest BCUT2D eigenvalue weighted by molar-refractivity contribution is -0.136. The average Bonchev–Trinajstić information content (AvgIpc) is 2.55. The van der Waals surface area contributed by atoms with Gasteiger partial charge in [0.25, 0.3) is 0 Å². The fourth-order valence-electron chi connectivity index (χ4n) is 2.88. The van der Waals surface area contributed by atoms with Gasteiger partial charge in [0, 0.05) is 39.0 Å². The molecule has 0 aromatic heterocycles. The first-order valence-electron chi connectivity index (χ1n) is 7.97. The Balaban J connectivity index is 2.01. The van der Waals surface area contributed by atoms with Crippen LogP contribution in [0.2, 0.25) is 0 Å². The van der Waals surface area contributed by atoms with Gasteiger partial charge in [-0.2, -0.15) is 0 Å². The highest BCUT2D eigenvalue weighted by Crippen LogP contribution is 2.26. The second kappa shape index (κ2) is 8.63. The number of ether oxygens (including phenoxy) is 2. The van der Waals surface area contributed by atoms with Crippen molar-refractivity contribution in [1.82, 2.24) is 4.90 Å². The number of halogens is 1. The molecule has 6 nitrogen and oxygen atoms in total. The Morgan fingerprint density at radius 3 is 2.67 bits per heavy atom. The summed E-state index contributed by atoms with van der Waals surface area (Å²) in [7, 11) is 1.55. The number of nitrogens with two attached hydrogens (primary N) is 1. The summed E-state index contributed by atoms with van der Waals surface area (Å²) in [6, 6.07) is 5.74. The van der Waals surface area contributed by atoms with E-state index in [4.69, 9.17) is 15.2 Å². The van der Waals surface area contributed by atoms with Gasteiger partial charge in [-0.15, -0.1) is 0 Å². The highest BCUT2D eigenvalue weighted by atomic mass is 19.1. The first-order valence-corrected chi connectivity index (χ1v) is 7.97. The predicted molar refractivity (Wildman–Crippen MR) is 85.8 cm³/mol. The highest BCUT2D eigenvalue weighted by Gasteiger charge is 2.33. The lowest BCUT2D eigenvalue weighted by Gasteiger charge is -2.38. The van der Waals surface area contributed by atoms with E-state index in [0.717, 1.165) is 0 Å². The summed E-state index contributed by atoms with van der Waals surface area (Å²) >= 11 is 0. The molecule has 1 aromatic carbocycles. The Morgan fingerprint density at radius 1 is 1.33 bits per heavy atom. The number of carbonyl (C=O) groups excluding carboxylic acids is 2. The summed E-state index contributed by atoms with van der Waals surface area (Å²) in [5.41, 5.74) is 5.33. The third-order valence-corrected chi connectivity index (χ3v) is 4.10. The van der Waals surface area contributed by atoms with Crippen LogP contribution in [0.3, 0.4) is 0 Å². The number of primary amides is 1. The quantitative estimate of drug-likeness (QED) is 0.813. The van der Waals surface area contributed by atoms with Gasteiger partial charge in [0.15, 0.2) is 0 Å². The number of methoxy groups -OCH3 is 1. The molecule has 24 heavy (non-hydrogen) atoms. The normalized spacial score (nSPS) is 20.7. The van der Waals surface area contributed by atoms with Crippen LogP contribution in [0.1, 0.15) is 19.3 Å². The molecule has 2 rings (SSSR count). The molecule has 7 heteroatoms. The van der Waals surface area contributed by atoms with Gasteiger partial charge in [0.1, 0.15) is 17.7 Å². The zero-order valence-corrected chi connectivity index (χ0v) is 13.7. The summed E-state index contributed by atoms with van der Waals surface area (Å²) < 4.78 is 23.8. The molecule has 1 aromatic rings. The number of piperidine rings is 1. The number of likely N-dealkylation sites (tertiary alicyclic amines) is 1. The minimum absolute atomic E-state index is 0.00782. The summed E-state index contributed by atoms with van der Waals surface area (Å²) in [6.45, 7) is 1.33. The molecule has 0 aliphatic carbocycles. The highest BCUT2D eigenvalue weighted by molar-refractivity contribution is 5.77. The predicted octanol–water partition coefficient (Wildman–Crippen LogP) is 1.33. The molecular formula is C17H23FN2O4. The van der Waals surface area contributed by atoms with Crippen molar-refractivity contribution >= 4 is 11.8 Å². The molecule has 2 atom stereocenters. The Morgan fingerprint density at radius 2 is 2.04 bits per heavy atom. The van der Waals surface area contributed by atoms with Crippen LogP contribution in [-0.2, 0) is 14.3 Å². The standard InChI is InChI=1S/C17H23FN2O4/c1-23-9-7-17(22)20-8-6-15(12(11-20)10-16(19)21)24-14-4-2-13(18)3-5-14/h2-5,12,15H,6-11H2,1H3,(H2,19,21)/t12-,15-/m0/s1. The van der Waals surface area contributed by atoms with Crippen molar-refractivity contribution in [2.75, 3.05) is 26.8 Å². The molecule has 0 saturated carbocycles. The van der Waals surface area contributed by atoms with E-state index in [2.05, 4.69) is 0 Å². The number of rotatable bonds is 7. The van der Waals surface area contributed by atoms with Gasteiger partial charge in [0.2, 0.25) is 11.8 Å². The minimum Gasteiger partial charge on any atom is -0.490 e.